The van der Waals surface area contributed by atoms with Gasteiger partial charge in [0, 0.05) is 17.3 Å². The predicted octanol–water partition coefficient (Wildman–Crippen LogP) is 2.89. The number of carbonyl (C=O) groups is 1. The molecule has 2 atom stereocenters. The first-order valence-corrected chi connectivity index (χ1v) is 9.56. The van der Waals surface area contributed by atoms with Crippen molar-refractivity contribution in [1.82, 2.24) is 15.1 Å². The number of thioether (sulfide) groups is 1. The van der Waals surface area contributed by atoms with E-state index >= 15 is 0 Å². The molecule has 1 saturated heterocycles. The third kappa shape index (κ3) is 3.13. The maximum atomic E-state index is 12.8. The molecular weight excluding hydrogens is 322 g/mol. The van der Waals surface area contributed by atoms with Crippen molar-refractivity contribution < 1.29 is 9.53 Å². The molecule has 1 aromatic carbocycles. The number of rotatable bonds is 3. The van der Waals surface area contributed by atoms with Crippen LogP contribution in [0, 0.1) is 0 Å². The lowest BCUT2D eigenvalue weighted by molar-refractivity contribution is -0.146. The van der Waals surface area contributed by atoms with Crippen molar-refractivity contribution in [1.29, 1.82) is 0 Å². The molecule has 2 aliphatic rings. The first-order chi connectivity index (χ1) is 11.8. The molecule has 24 heavy (non-hydrogen) atoms. The van der Waals surface area contributed by atoms with Gasteiger partial charge in [0.2, 0.25) is 5.91 Å². The summed E-state index contributed by atoms with van der Waals surface area (Å²) in [6, 6.07) is 8.29. The van der Waals surface area contributed by atoms with E-state index in [0.717, 1.165) is 28.6 Å². The van der Waals surface area contributed by atoms with Crippen LogP contribution in [-0.2, 0) is 9.53 Å². The van der Waals surface area contributed by atoms with Gasteiger partial charge in [-0.1, -0.05) is 48.9 Å². The minimum absolute atomic E-state index is 0.190. The van der Waals surface area contributed by atoms with Gasteiger partial charge >= 0.3 is 0 Å². The standard InChI is InChI=1S/C18H21N3O2S/c22-17(21-9-10-23-16-8-4-3-7-15(16)21)12-24-18-14-6-2-1-5-13(14)11-19-20-18/h1-2,5-6,11,15-16H,3-4,7-10,12H2/t15-,16+/m1/s1. The molecule has 0 unspecified atom stereocenters. The number of carbonyl (C=O) groups excluding carboxylic acids is 1. The van der Waals surface area contributed by atoms with Crippen LogP contribution in [-0.4, -0.2) is 52.1 Å². The summed E-state index contributed by atoms with van der Waals surface area (Å²) in [5.74, 6) is 0.598. The van der Waals surface area contributed by atoms with Crippen LogP contribution >= 0.6 is 11.8 Å². The smallest absolute Gasteiger partial charge is 0.233 e. The SMILES string of the molecule is O=C(CSc1nncc2ccccc12)N1CCO[C@H]2CCCC[C@H]21. The maximum Gasteiger partial charge on any atom is 0.233 e. The summed E-state index contributed by atoms with van der Waals surface area (Å²) in [5.41, 5.74) is 0. The van der Waals surface area contributed by atoms with Crippen molar-refractivity contribution >= 4 is 28.4 Å². The van der Waals surface area contributed by atoms with E-state index in [-0.39, 0.29) is 18.1 Å². The molecule has 0 spiro atoms. The Morgan fingerprint density at radius 3 is 3.12 bits per heavy atom. The molecule has 0 radical (unpaired) electrons. The van der Waals surface area contributed by atoms with Crippen LogP contribution in [0.4, 0.5) is 0 Å². The van der Waals surface area contributed by atoms with Crippen LogP contribution in [0.2, 0.25) is 0 Å². The van der Waals surface area contributed by atoms with Gasteiger partial charge in [0.25, 0.3) is 0 Å². The largest absolute Gasteiger partial charge is 0.374 e. The van der Waals surface area contributed by atoms with Crippen LogP contribution in [0.1, 0.15) is 25.7 Å². The average molecular weight is 343 g/mol. The molecular formula is C18H21N3O2S. The van der Waals surface area contributed by atoms with Crippen LogP contribution in [0.25, 0.3) is 10.8 Å². The summed E-state index contributed by atoms with van der Waals surface area (Å²) < 4.78 is 5.86. The third-order valence-electron chi connectivity index (χ3n) is 4.92. The van der Waals surface area contributed by atoms with Crippen LogP contribution < -0.4 is 0 Å². The van der Waals surface area contributed by atoms with E-state index in [9.17, 15) is 4.79 Å². The van der Waals surface area contributed by atoms with E-state index in [1.807, 2.05) is 29.2 Å². The Kier molecular flexibility index (Phi) is 4.67. The zero-order chi connectivity index (χ0) is 16.4. The zero-order valence-corrected chi connectivity index (χ0v) is 14.4. The number of fused-ring (bicyclic) bond motifs is 2. The number of benzene rings is 1. The highest BCUT2D eigenvalue weighted by Gasteiger charge is 2.36. The van der Waals surface area contributed by atoms with Crippen molar-refractivity contribution in [2.45, 2.75) is 42.9 Å². The van der Waals surface area contributed by atoms with E-state index in [0.29, 0.717) is 18.9 Å². The van der Waals surface area contributed by atoms with E-state index in [1.165, 1.54) is 24.6 Å². The van der Waals surface area contributed by atoms with Gasteiger partial charge in [0.1, 0.15) is 5.03 Å². The molecule has 1 aliphatic carbocycles. The molecule has 5 nitrogen and oxygen atoms in total. The molecule has 2 fully saturated rings. The van der Waals surface area contributed by atoms with Gasteiger partial charge in [-0.3, -0.25) is 4.79 Å². The Hall–Kier alpha value is -1.66. The molecule has 1 aromatic heterocycles. The Balaban J connectivity index is 1.46. The minimum Gasteiger partial charge on any atom is -0.374 e. The highest BCUT2D eigenvalue weighted by atomic mass is 32.2. The molecule has 2 aromatic rings. The number of aromatic nitrogens is 2. The molecule has 126 valence electrons. The molecule has 1 saturated carbocycles. The van der Waals surface area contributed by atoms with Crippen LogP contribution in [0.15, 0.2) is 35.5 Å². The highest BCUT2D eigenvalue weighted by Crippen LogP contribution is 2.30. The third-order valence-corrected chi connectivity index (χ3v) is 5.89. The Morgan fingerprint density at radius 1 is 1.29 bits per heavy atom. The van der Waals surface area contributed by atoms with E-state index in [2.05, 4.69) is 10.2 Å². The second-order valence-electron chi connectivity index (χ2n) is 6.37. The van der Waals surface area contributed by atoms with Crippen molar-refractivity contribution in [3.63, 3.8) is 0 Å². The minimum atomic E-state index is 0.190. The number of nitrogens with zero attached hydrogens (tertiary/aromatic N) is 3. The van der Waals surface area contributed by atoms with Crippen molar-refractivity contribution in [2.24, 2.45) is 0 Å². The van der Waals surface area contributed by atoms with Gasteiger partial charge in [0.05, 0.1) is 30.7 Å². The van der Waals surface area contributed by atoms with E-state index in [1.54, 1.807) is 6.20 Å². The van der Waals surface area contributed by atoms with Crippen molar-refractivity contribution in [3.8, 4) is 0 Å². The second-order valence-corrected chi connectivity index (χ2v) is 7.34. The zero-order valence-electron chi connectivity index (χ0n) is 13.6. The van der Waals surface area contributed by atoms with Gasteiger partial charge in [-0.15, -0.1) is 5.10 Å². The quantitative estimate of drug-likeness (QED) is 0.802. The maximum absolute atomic E-state index is 12.8. The second kappa shape index (κ2) is 7.07. The highest BCUT2D eigenvalue weighted by molar-refractivity contribution is 8.00. The lowest BCUT2D eigenvalue weighted by Crippen LogP contribution is -2.55. The van der Waals surface area contributed by atoms with Crippen molar-refractivity contribution in [2.75, 3.05) is 18.9 Å². The number of hydrogen-bond acceptors (Lipinski definition) is 5. The molecule has 0 N–H and O–H groups in total. The molecule has 0 bridgehead atoms. The lowest BCUT2D eigenvalue weighted by atomic mass is 9.90. The number of ether oxygens (including phenoxy) is 1. The summed E-state index contributed by atoms with van der Waals surface area (Å²) >= 11 is 1.49. The average Bonchev–Trinajstić information content (AvgIpc) is 2.65. The first kappa shape index (κ1) is 15.8. The van der Waals surface area contributed by atoms with Crippen molar-refractivity contribution in [3.05, 3.63) is 30.5 Å². The summed E-state index contributed by atoms with van der Waals surface area (Å²) in [6.45, 7) is 1.37. The summed E-state index contributed by atoms with van der Waals surface area (Å²) in [5, 5.41) is 11.2. The Bertz CT molecular complexity index is 732. The molecule has 6 heteroatoms. The van der Waals surface area contributed by atoms with Gasteiger partial charge in [-0.05, 0) is 12.8 Å². The van der Waals surface area contributed by atoms with Gasteiger partial charge in [-0.2, -0.15) is 5.10 Å². The first-order valence-electron chi connectivity index (χ1n) is 8.57. The number of morpholine rings is 1. The Labute approximate surface area is 145 Å². The topological polar surface area (TPSA) is 55.3 Å². The molecule has 4 rings (SSSR count). The monoisotopic (exact) mass is 343 g/mol. The predicted molar refractivity (Wildman–Crippen MR) is 94.0 cm³/mol. The summed E-state index contributed by atoms with van der Waals surface area (Å²) in [6.07, 6.45) is 6.54. The summed E-state index contributed by atoms with van der Waals surface area (Å²) in [4.78, 5) is 14.8. The van der Waals surface area contributed by atoms with Gasteiger partial charge < -0.3 is 9.64 Å². The van der Waals surface area contributed by atoms with E-state index in [4.69, 9.17) is 4.74 Å². The molecule has 1 amide bonds. The fourth-order valence-corrected chi connectivity index (χ4v) is 4.60. The fraction of sp³-hybridized carbons (Fsp3) is 0.500. The Morgan fingerprint density at radius 2 is 2.17 bits per heavy atom. The lowest BCUT2D eigenvalue weighted by Gasteiger charge is -2.43. The fourth-order valence-electron chi connectivity index (χ4n) is 3.73. The van der Waals surface area contributed by atoms with Crippen LogP contribution in [0.3, 0.4) is 0 Å². The molecule has 1 aliphatic heterocycles. The number of hydrogen-bond donors (Lipinski definition) is 0. The van der Waals surface area contributed by atoms with Crippen LogP contribution in [0.5, 0.6) is 0 Å². The normalized spacial score (nSPS) is 23.9. The van der Waals surface area contributed by atoms with Gasteiger partial charge in [-0.25, -0.2) is 0 Å². The number of amides is 1. The molecule has 2 heterocycles. The van der Waals surface area contributed by atoms with Gasteiger partial charge in [0.15, 0.2) is 0 Å². The summed E-state index contributed by atoms with van der Waals surface area (Å²) in [7, 11) is 0. The van der Waals surface area contributed by atoms with E-state index < -0.39 is 0 Å².